The average molecular weight is 406 g/mol. The van der Waals surface area contributed by atoms with Crippen LogP contribution in [0.25, 0.3) is 10.8 Å². The van der Waals surface area contributed by atoms with Crippen LogP contribution < -0.4 is 4.90 Å². The van der Waals surface area contributed by atoms with Crippen LogP contribution in [0.15, 0.2) is 57.2 Å². The molecule has 0 unspecified atom stereocenters. The highest BCUT2D eigenvalue weighted by Gasteiger charge is 2.34. The number of nitrogens with one attached hydrogen (secondary N) is 1. The third kappa shape index (κ3) is 3.68. The van der Waals surface area contributed by atoms with Crippen molar-refractivity contribution in [2.75, 3.05) is 26.2 Å². The van der Waals surface area contributed by atoms with Crippen molar-refractivity contribution in [1.82, 2.24) is 14.5 Å². The highest BCUT2D eigenvalue weighted by atomic mass is 32.2. The molecule has 0 radical (unpaired) electrons. The second-order valence-corrected chi connectivity index (χ2v) is 9.41. The number of nitrogens with zero attached hydrogens (tertiary/aromatic N) is 3. The number of thiophene rings is 1. The van der Waals surface area contributed by atoms with Crippen molar-refractivity contribution in [2.24, 2.45) is 0 Å². The maximum absolute atomic E-state index is 12.7. The van der Waals surface area contributed by atoms with Crippen molar-refractivity contribution >= 4 is 21.4 Å². The van der Waals surface area contributed by atoms with Gasteiger partial charge in [-0.15, -0.1) is 21.5 Å². The first-order chi connectivity index (χ1) is 13.1. The topological polar surface area (TPSA) is 80.7 Å². The SMILES string of the molecule is C[C@H](c1nnc(-c2cccs2)o1)[NH+]1CCN(S(=O)(=O)c2ccccc2)CC1. The second kappa shape index (κ2) is 7.51. The molecule has 1 fully saturated rings. The molecule has 1 saturated heterocycles. The lowest BCUT2D eigenvalue weighted by atomic mass is 10.2. The summed E-state index contributed by atoms with van der Waals surface area (Å²) in [5, 5.41) is 10.3. The summed E-state index contributed by atoms with van der Waals surface area (Å²) in [5.74, 6) is 1.13. The van der Waals surface area contributed by atoms with Crippen LogP contribution in [0.2, 0.25) is 0 Å². The van der Waals surface area contributed by atoms with Gasteiger partial charge in [-0.25, -0.2) is 8.42 Å². The monoisotopic (exact) mass is 405 g/mol. The quantitative estimate of drug-likeness (QED) is 0.695. The molecular formula is C18H21N4O3S2+. The van der Waals surface area contributed by atoms with E-state index in [4.69, 9.17) is 4.42 Å². The number of hydrogen-bond donors (Lipinski definition) is 1. The van der Waals surface area contributed by atoms with E-state index in [2.05, 4.69) is 10.2 Å². The number of quaternary nitrogens is 1. The minimum atomic E-state index is -3.43. The second-order valence-electron chi connectivity index (χ2n) is 6.52. The van der Waals surface area contributed by atoms with E-state index < -0.39 is 10.0 Å². The van der Waals surface area contributed by atoms with Crippen molar-refractivity contribution in [3.05, 3.63) is 53.7 Å². The van der Waals surface area contributed by atoms with Crippen LogP contribution in [0.4, 0.5) is 0 Å². The fourth-order valence-electron chi connectivity index (χ4n) is 3.27. The fourth-order valence-corrected chi connectivity index (χ4v) is 5.38. The maximum atomic E-state index is 12.7. The summed E-state index contributed by atoms with van der Waals surface area (Å²) in [6.07, 6.45) is 0. The molecule has 1 aliphatic rings. The van der Waals surface area contributed by atoms with Crippen LogP contribution in [-0.4, -0.2) is 49.1 Å². The van der Waals surface area contributed by atoms with Crippen molar-refractivity contribution in [3.63, 3.8) is 0 Å². The summed E-state index contributed by atoms with van der Waals surface area (Å²) in [7, 11) is -3.43. The zero-order chi connectivity index (χ0) is 18.9. The van der Waals surface area contributed by atoms with Crippen molar-refractivity contribution in [3.8, 4) is 10.8 Å². The molecule has 27 heavy (non-hydrogen) atoms. The fraction of sp³-hybridized carbons (Fsp3) is 0.333. The normalized spacial score (nSPS) is 17.8. The zero-order valence-electron chi connectivity index (χ0n) is 14.9. The Morgan fingerprint density at radius 1 is 1.11 bits per heavy atom. The summed E-state index contributed by atoms with van der Waals surface area (Å²) in [6, 6.07) is 12.5. The molecule has 9 heteroatoms. The summed E-state index contributed by atoms with van der Waals surface area (Å²) in [6.45, 7) is 4.39. The third-order valence-electron chi connectivity index (χ3n) is 4.90. The Kier molecular flexibility index (Phi) is 5.09. The van der Waals surface area contributed by atoms with Gasteiger partial charge in [-0.05, 0) is 30.5 Å². The first-order valence-electron chi connectivity index (χ1n) is 8.83. The Hall–Kier alpha value is -2.07. The molecule has 0 spiro atoms. The Labute approximate surface area is 162 Å². The minimum absolute atomic E-state index is 0.0211. The van der Waals surface area contributed by atoms with Crippen LogP contribution in [0.1, 0.15) is 18.9 Å². The smallest absolute Gasteiger partial charge is 0.274 e. The Balaban J connectivity index is 1.42. The minimum Gasteiger partial charge on any atom is -0.414 e. The van der Waals surface area contributed by atoms with E-state index >= 15 is 0 Å². The molecule has 142 valence electrons. The summed E-state index contributed by atoms with van der Waals surface area (Å²) >= 11 is 1.56. The van der Waals surface area contributed by atoms with Crippen molar-refractivity contribution in [1.29, 1.82) is 0 Å². The third-order valence-corrected chi connectivity index (χ3v) is 7.67. The first-order valence-corrected chi connectivity index (χ1v) is 11.1. The lowest BCUT2D eigenvalue weighted by Crippen LogP contribution is -3.14. The van der Waals surface area contributed by atoms with Gasteiger partial charge in [0, 0.05) is 0 Å². The number of piperazine rings is 1. The van der Waals surface area contributed by atoms with E-state index in [9.17, 15) is 8.42 Å². The van der Waals surface area contributed by atoms with E-state index in [1.165, 1.54) is 4.90 Å². The maximum Gasteiger partial charge on any atom is 0.274 e. The molecule has 0 bridgehead atoms. The van der Waals surface area contributed by atoms with Gasteiger partial charge in [0.2, 0.25) is 10.0 Å². The molecule has 4 rings (SSSR count). The molecule has 1 aliphatic heterocycles. The van der Waals surface area contributed by atoms with Crippen LogP contribution in [-0.2, 0) is 10.0 Å². The standard InChI is InChI=1S/C18H20N4O3S2/c1-14(17-19-20-18(25-17)16-8-5-13-26-16)21-9-11-22(12-10-21)27(23,24)15-6-3-2-4-7-15/h2-8,13-14H,9-12H2,1H3/p+1/t14-/m1/s1. The van der Waals surface area contributed by atoms with Crippen LogP contribution in [0.3, 0.4) is 0 Å². The Bertz CT molecular complexity index is 979. The lowest BCUT2D eigenvalue weighted by molar-refractivity contribution is -0.934. The van der Waals surface area contributed by atoms with Gasteiger partial charge < -0.3 is 9.32 Å². The first kappa shape index (κ1) is 18.3. The predicted molar refractivity (Wildman–Crippen MR) is 102 cm³/mol. The van der Waals surface area contributed by atoms with Gasteiger partial charge in [0.05, 0.1) is 36.0 Å². The van der Waals surface area contributed by atoms with Gasteiger partial charge in [-0.1, -0.05) is 24.3 Å². The van der Waals surface area contributed by atoms with Gasteiger partial charge in [0.1, 0.15) is 0 Å². The van der Waals surface area contributed by atoms with Crippen molar-refractivity contribution in [2.45, 2.75) is 17.9 Å². The Morgan fingerprint density at radius 2 is 1.85 bits per heavy atom. The lowest BCUT2D eigenvalue weighted by Gasteiger charge is -2.33. The van der Waals surface area contributed by atoms with Crippen LogP contribution >= 0.6 is 11.3 Å². The molecule has 1 aromatic carbocycles. The molecule has 1 N–H and O–H groups in total. The van der Waals surface area contributed by atoms with Gasteiger partial charge in [-0.2, -0.15) is 4.31 Å². The molecule has 2 aromatic heterocycles. The molecule has 7 nitrogen and oxygen atoms in total. The molecule has 0 saturated carbocycles. The van der Waals surface area contributed by atoms with Gasteiger partial charge in [0.15, 0.2) is 6.04 Å². The van der Waals surface area contributed by atoms with Crippen molar-refractivity contribution < 1.29 is 17.7 Å². The van der Waals surface area contributed by atoms with Crippen LogP contribution in [0.5, 0.6) is 0 Å². The number of aromatic nitrogens is 2. The van der Waals surface area contributed by atoms with E-state index in [1.807, 2.05) is 30.5 Å². The van der Waals surface area contributed by atoms with E-state index in [1.54, 1.807) is 39.9 Å². The highest BCUT2D eigenvalue weighted by molar-refractivity contribution is 7.89. The summed E-state index contributed by atoms with van der Waals surface area (Å²) in [5.41, 5.74) is 0. The summed E-state index contributed by atoms with van der Waals surface area (Å²) < 4.78 is 32.9. The molecule has 0 amide bonds. The Morgan fingerprint density at radius 3 is 2.52 bits per heavy atom. The van der Waals surface area contributed by atoms with E-state index in [-0.39, 0.29) is 6.04 Å². The van der Waals surface area contributed by atoms with Gasteiger partial charge >= 0.3 is 0 Å². The van der Waals surface area contributed by atoms with Gasteiger partial charge in [0.25, 0.3) is 11.8 Å². The average Bonchev–Trinajstić information content (AvgIpc) is 3.40. The zero-order valence-corrected chi connectivity index (χ0v) is 16.5. The number of rotatable bonds is 5. The summed E-state index contributed by atoms with van der Waals surface area (Å²) in [4.78, 5) is 2.55. The predicted octanol–water partition coefficient (Wildman–Crippen LogP) is 1.45. The molecule has 0 aliphatic carbocycles. The number of benzene rings is 1. The number of sulfonamides is 1. The molecule has 3 aromatic rings. The number of hydrogen-bond acceptors (Lipinski definition) is 6. The van der Waals surface area contributed by atoms with Gasteiger partial charge in [-0.3, -0.25) is 0 Å². The molecule has 1 atom stereocenters. The molecular weight excluding hydrogens is 384 g/mol. The van der Waals surface area contributed by atoms with Crippen LogP contribution in [0, 0.1) is 0 Å². The highest BCUT2D eigenvalue weighted by Crippen LogP contribution is 2.24. The van der Waals surface area contributed by atoms with E-state index in [0.717, 1.165) is 4.88 Å². The largest absolute Gasteiger partial charge is 0.414 e. The van der Waals surface area contributed by atoms with E-state index in [0.29, 0.717) is 42.9 Å². The molecule has 3 heterocycles.